The highest BCUT2D eigenvalue weighted by Crippen LogP contribution is 2.30. The normalized spacial score (nSPS) is 10.1. The number of pyridine rings is 1. The molecule has 0 saturated carbocycles. The Morgan fingerprint density at radius 3 is 3.05 bits per heavy atom. The number of rotatable bonds is 4. The number of nitrogens with one attached hydrogen (secondary N) is 1. The van der Waals surface area contributed by atoms with Gasteiger partial charge in [-0.15, -0.1) is 0 Å². The largest absolute Gasteiger partial charge is 0.324 e. The van der Waals surface area contributed by atoms with E-state index in [0.717, 1.165) is 28.5 Å². The van der Waals surface area contributed by atoms with Gasteiger partial charge in [0.25, 0.3) is 0 Å². The summed E-state index contributed by atoms with van der Waals surface area (Å²) in [7, 11) is 0. The van der Waals surface area contributed by atoms with Gasteiger partial charge in [0.1, 0.15) is 5.40 Å². The minimum Gasteiger partial charge on any atom is -0.324 e. The quantitative estimate of drug-likeness (QED) is 0.682. The molecule has 0 unspecified atom stereocenters. The van der Waals surface area contributed by atoms with Crippen LogP contribution in [-0.2, 0) is 4.79 Å². The molecule has 0 fully saturated rings. The molecule has 2 rings (SSSR count). The van der Waals surface area contributed by atoms with Crippen LogP contribution in [0.4, 0.5) is 5.69 Å². The van der Waals surface area contributed by atoms with Gasteiger partial charge in [-0.1, -0.05) is 13.0 Å². The number of thiocyanates is 1. The minimum atomic E-state index is -0.0184. The topological polar surface area (TPSA) is 65.8 Å². The molecule has 1 heterocycles. The van der Waals surface area contributed by atoms with E-state index in [1.807, 2.05) is 25.1 Å². The maximum atomic E-state index is 11.7. The molecule has 96 valence electrons. The smallest absolute Gasteiger partial charge is 0.224 e. The summed E-state index contributed by atoms with van der Waals surface area (Å²) in [6.45, 7) is 1.96. The molecule has 0 spiro atoms. The Balaban J connectivity index is 2.44. The molecule has 0 saturated heterocycles. The van der Waals surface area contributed by atoms with Crippen molar-refractivity contribution in [3.63, 3.8) is 0 Å². The number of nitrogens with zero attached hydrogens (tertiary/aromatic N) is 2. The van der Waals surface area contributed by atoms with Gasteiger partial charge in [0, 0.05) is 22.9 Å². The highest BCUT2D eigenvalue weighted by atomic mass is 32.2. The zero-order chi connectivity index (χ0) is 13.7. The van der Waals surface area contributed by atoms with Crippen LogP contribution in [-0.4, -0.2) is 10.9 Å². The molecule has 0 atom stereocenters. The Hall–Kier alpha value is -2.06. The van der Waals surface area contributed by atoms with Gasteiger partial charge in [-0.3, -0.25) is 9.78 Å². The zero-order valence-electron chi connectivity index (χ0n) is 10.5. The fraction of sp³-hybridized carbons (Fsp3) is 0.214. The Morgan fingerprint density at radius 1 is 1.47 bits per heavy atom. The van der Waals surface area contributed by atoms with Crippen LogP contribution < -0.4 is 5.32 Å². The van der Waals surface area contributed by atoms with Crippen molar-refractivity contribution in [1.82, 2.24) is 4.98 Å². The van der Waals surface area contributed by atoms with Crippen molar-refractivity contribution in [3.05, 3.63) is 30.5 Å². The lowest BCUT2D eigenvalue weighted by Gasteiger charge is -2.09. The van der Waals surface area contributed by atoms with Crippen LogP contribution in [0.2, 0.25) is 0 Å². The van der Waals surface area contributed by atoms with E-state index in [-0.39, 0.29) is 5.91 Å². The van der Waals surface area contributed by atoms with Crippen molar-refractivity contribution in [2.75, 3.05) is 5.32 Å². The molecule has 4 nitrogen and oxygen atoms in total. The standard InChI is InChI=1S/C14H13N3OS/c1-2-4-13(18)17-11-6-7-12(19-9-15)10-5-3-8-16-14(10)11/h3,5-8H,2,4H2,1H3,(H,17,18). The van der Waals surface area contributed by atoms with Crippen LogP contribution in [0.15, 0.2) is 35.4 Å². The van der Waals surface area contributed by atoms with Gasteiger partial charge in [-0.25, -0.2) is 0 Å². The summed E-state index contributed by atoms with van der Waals surface area (Å²) in [5, 5.41) is 14.6. The number of anilines is 1. The van der Waals surface area contributed by atoms with Gasteiger partial charge in [-0.05, 0) is 36.4 Å². The van der Waals surface area contributed by atoms with Crippen molar-refractivity contribution in [2.45, 2.75) is 24.7 Å². The molecule has 2 aromatic rings. The van der Waals surface area contributed by atoms with E-state index in [1.165, 1.54) is 0 Å². The number of fused-ring (bicyclic) bond motifs is 1. The number of benzene rings is 1. The summed E-state index contributed by atoms with van der Waals surface area (Å²) in [5.74, 6) is -0.0184. The van der Waals surface area contributed by atoms with Crippen molar-refractivity contribution in [1.29, 1.82) is 5.26 Å². The second-order valence-corrected chi connectivity index (χ2v) is 4.83. The van der Waals surface area contributed by atoms with Crippen LogP contribution in [0.3, 0.4) is 0 Å². The molecule has 1 N–H and O–H groups in total. The SMILES string of the molecule is CCCC(=O)Nc1ccc(SC#N)c2cccnc12. The first kappa shape index (κ1) is 13.4. The van der Waals surface area contributed by atoms with Gasteiger partial charge in [0.15, 0.2) is 0 Å². The fourth-order valence-electron chi connectivity index (χ4n) is 1.83. The first-order valence-corrected chi connectivity index (χ1v) is 6.81. The zero-order valence-corrected chi connectivity index (χ0v) is 11.3. The molecule has 5 heteroatoms. The molecule has 0 bridgehead atoms. The lowest BCUT2D eigenvalue weighted by molar-refractivity contribution is -0.116. The Labute approximate surface area is 115 Å². The third-order valence-electron chi connectivity index (χ3n) is 2.64. The van der Waals surface area contributed by atoms with Gasteiger partial charge < -0.3 is 5.32 Å². The van der Waals surface area contributed by atoms with Crippen molar-refractivity contribution in [3.8, 4) is 5.40 Å². The van der Waals surface area contributed by atoms with E-state index in [9.17, 15) is 4.79 Å². The number of hydrogen-bond acceptors (Lipinski definition) is 4. The van der Waals surface area contributed by atoms with Gasteiger partial charge in [0.05, 0.1) is 11.2 Å². The molecule has 0 aliphatic heterocycles. The van der Waals surface area contributed by atoms with Crippen molar-refractivity contribution >= 4 is 34.3 Å². The third kappa shape index (κ3) is 3.04. The molecule has 0 radical (unpaired) electrons. The molecule has 0 aliphatic rings. The fourth-order valence-corrected chi connectivity index (χ4v) is 2.33. The number of aromatic nitrogens is 1. The third-order valence-corrected chi connectivity index (χ3v) is 3.30. The number of hydrogen-bond donors (Lipinski definition) is 1. The van der Waals surface area contributed by atoms with Crippen LogP contribution in [0.5, 0.6) is 0 Å². The Bertz CT molecular complexity index is 649. The van der Waals surface area contributed by atoms with E-state index >= 15 is 0 Å². The maximum Gasteiger partial charge on any atom is 0.224 e. The van der Waals surface area contributed by atoms with Gasteiger partial charge in [-0.2, -0.15) is 5.26 Å². The van der Waals surface area contributed by atoms with Crippen LogP contribution >= 0.6 is 11.8 Å². The van der Waals surface area contributed by atoms with Crippen LogP contribution in [0.1, 0.15) is 19.8 Å². The summed E-state index contributed by atoms with van der Waals surface area (Å²) >= 11 is 1.10. The van der Waals surface area contributed by atoms with Gasteiger partial charge in [0.2, 0.25) is 5.91 Å². The van der Waals surface area contributed by atoms with Crippen LogP contribution in [0.25, 0.3) is 10.9 Å². The molecule has 1 aromatic carbocycles. The number of carbonyl (C=O) groups is 1. The van der Waals surface area contributed by atoms with E-state index in [1.54, 1.807) is 12.3 Å². The van der Waals surface area contributed by atoms with Crippen molar-refractivity contribution in [2.24, 2.45) is 0 Å². The van der Waals surface area contributed by atoms with Crippen LogP contribution in [0, 0.1) is 10.7 Å². The lowest BCUT2D eigenvalue weighted by Crippen LogP contribution is -2.11. The Kier molecular flexibility index (Phi) is 4.37. The average molecular weight is 271 g/mol. The van der Waals surface area contributed by atoms with E-state index < -0.39 is 0 Å². The maximum absolute atomic E-state index is 11.7. The highest BCUT2D eigenvalue weighted by Gasteiger charge is 2.09. The molecule has 19 heavy (non-hydrogen) atoms. The first-order chi connectivity index (χ1) is 9.26. The highest BCUT2D eigenvalue weighted by molar-refractivity contribution is 8.04. The summed E-state index contributed by atoms with van der Waals surface area (Å²) in [6, 6.07) is 7.35. The monoisotopic (exact) mass is 271 g/mol. The number of thioether (sulfide) groups is 1. The van der Waals surface area contributed by atoms with Crippen molar-refractivity contribution < 1.29 is 4.79 Å². The lowest BCUT2D eigenvalue weighted by atomic mass is 10.2. The molecular formula is C14H13N3OS. The minimum absolute atomic E-state index is 0.0184. The summed E-state index contributed by atoms with van der Waals surface area (Å²) in [5.41, 5.74) is 1.41. The van der Waals surface area contributed by atoms with E-state index in [4.69, 9.17) is 5.26 Å². The summed E-state index contributed by atoms with van der Waals surface area (Å²) in [6.07, 6.45) is 2.97. The summed E-state index contributed by atoms with van der Waals surface area (Å²) in [4.78, 5) is 16.8. The number of nitriles is 1. The molecular weight excluding hydrogens is 258 g/mol. The molecule has 1 aromatic heterocycles. The first-order valence-electron chi connectivity index (χ1n) is 5.99. The molecule has 0 aliphatic carbocycles. The second kappa shape index (κ2) is 6.21. The summed E-state index contributed by atoms with van der Waals surface area (Å²) < 4.78 is 0. The predicted molar refractivity (Wildman–Crippen MR) is 76.8 cm³/mol. The Morgan fingerprint density at radius 2 is 2.32 bits per heavy atom. The van der Waals surface area contributed by atoms with E-state index in [2.05, 4.69) is 15.7 Å². The molecule has 1 amide bonds. The van der Waals surface area contributed by atoms with Gasteiger partial charge >= 0.3 is 0 Å². The second-order valence-electron chi connectivity index (χ2n) is 4.00. The predicted octanol–water partition coefficient (Wildman–Crippen LogP) is 3.55. The number of amides is 1. The number of carbonyl (C=O) groups excluding carboxylic acids is 1. The van der Waals surface area contributed by atoms with E-state index in [0.29, 0.717) is 17.6 Å². The average Bonchev–Trinajstić information content (AvgIpc) is 2.42.